The molecule has 1 aromatic rings. The molecule has 3 heterocycles. The molecule has 0 aromatic carbocycles. The number of fused-ring (bicyclic) bond motifs is 1. The lowest BCUT2D eigenvalue weighted by Gasteiger charge is -2.41. The van der Waals surface area contributed by atoms with Gasteiger partial charge in [0.2, 0.25) is 0 Å². The molecule has 1 spiro atoms. The molecule has 0 amide bonds. The first-order valence-corrected chi connectivity index (χ1v) is 11.6. The average Bonchev–Trinajstić information content (AvgIpc) is 3.09. The van der Waals surface area contributed by atoms with E-state index in [1.54, 1.807) is 0 Å². The number of rotatable bonds is 4. The van der Waals surface area contributed by atoms with Crippen LogP contribution in [-0.4, -0.2) is 67.1 Å². The van der Waals surface area contributed by atoms with Crippen LogP contribution in [-0.2, 0) is 11.2 Å². The molecule has 0 bridgehead atoms. The summed E-state index contributed by atoms with van der Waals surface area (Å²) >= 11 is 0. The van der Waals surface area contributed by atoms with Gasteiger partial charge in [-0.3, -0.25) is 9.79 Å². The van der Waals surface area contributed by atoms with Gasteiger partial charge in [-0.2, -0.15) is 0 Å². The third-order valence-corrected chi connectivity index (χ3v) is 7.70. The average molecular weight is 419 g/mol. The van der Waals surface area contributed by atoms with E-state index in [1.165, 1.54) is 29.7 Å². The van der Waals surface area contributed by atoms with Gasteiger partial charge in [0.05, 0.1) is 17.1 Å². The van der Waals surface area contributed by atoms with E-state index in [2.05, 4.69) is 65.0 Å². The zero-order chi connectivity index (χ0) is 21.8. The lowest BCUT2D eigenvalue weighted by atomic mass is 9.69. The maximum absolute atomic E-state index is 12.9. The summed E-state index contributed by atoms with van der Waals surface area (Å²) in [6.45, 7) is 5.26. The standard InChI is InChI=1S/C26H34N4O/c1-18-21(23(31)8-11-28(2)3)5-6-22-24(18)27-17-20-16-26(9-13-29(4)14-10-26)15-19-7-12-30(22)25(19)20/h5-7,12,16-18,21H,8-11,13-15H2,1-4H3. The van der Waals surface area contributed by atoms with Gasteiger partial charge in [0.15, 0.2) is 0 Å². The molecule has 0 radical (unpaired) electrons. The van der Waals surface area contributed by atoms with Gasteiger partial charge >= 0.3 is 0 Å². The van der Waals surface area contributed by atoms with Crippen molar-refractivity contribution in [3.63, 3.8) is 0 Å². The number of allylic oxidation sites excluding steroid dienone is 6. The molecule has 2 aliphatic carbocycles. The van der Waals surface area contributed by atoms with Crippen molar-refractivity contribution in [3.05, 3.63) is 47.4 Å². The fourth-order valence-electron chi connectivity index (χ4n) is 5.72. The molecule has 1 fully saturated rings. The normalized spacial score (nSPS) is 26.7. The summed E-state index contributed by atoms with van der Waals surface area (Å²) in [5, 5.41) is 0. The molecule has 5 heteroatoms. The zero-order valence-electron chi connectivity index (χ0n) is 19.3. The van der Waals surface area contributed by atoms with E-state index in [4.69, 9.17) is 4.99 Å². The Morgan fingerprint density at radius 1 is 1.29 bits per heavy atom. The van der Waals surface area contributed by atoms with E-state index >= 15 is 0 Å². The van der Waals surface area contributed by atoms with Crippen LogP contribution in [0.15, 0.2) is 41.2 Å². The van der Waals surface area contributed by atoms with Crippen LogP contribution in [0.1, 0.15) is 37.4 Å². The molecule has 2 unspecified atom stereocenters. The monoisotopic (exact) mass is 418 g/mol. The lowest BCUT2D eigenvalue weighted by molar-refractivity contribution is -0.122. The van der Waals surface area contributed by atoms with E-state index in [1.807, 2.05) is 14.1 Å². The third-order valence-electron chi connectivity index (χ3n) is 7.70. The minimum Gasteiger partial charge on any atom is -0.314 e. The number of nitrogens with zero attached hydrogens (tertiary/aromatic N) is 4. The predicted octanol–water partition coefficient (Wildman–Crippen LogP) is 3.74. The van der Waals surface area contributed by atoms with Crippen LogP contribution in [0.3, 0.4) is 0 Å². The topological polar surface area (TPSA) is 40.8 Å². The van der Waals surface area contributed by atoms with Gasteiger partial charge in [-0.15, -0.1) is 0 Å². The highest BCUT2D eigenvalue weighted by Crippen LogP contribution is 2.46. The van der Waals surface area contributed by atoms with Gasteiger partial charge in [0.1, 0.15) is 5.78 Å². The van der Waals surface area contributed by atoms with Crippen molar-refractivity contribution in [2.24, 2.45) is 22.2 Å². The lowest BCUT2D eigenvalue weighted by Crippen LogP contribution is -2.39. The van der Waals surface area contributed by atoms with Crippen molar-refractivity contribution in [2.75, 3.05) is 40.8 Å². The number of piperidine rings is 1. The summed E-state index contributed by atoms with van der Waals surface area (Å²) in [7, 11) is 6.25. The number of likely N-dealkylation sites (tertiary alicyclic amines) is 1. The number of carbonyl (C=O) groups is 1. The second kappa shape index (κ2) is 7.72. The van der Waals surface area contributed by atoms with Gasteiger partial charge in [-0.25, -0.2) is 0 Å². The minimum absolute atomic E-state index is 0.0852. The molecule has 164 valence electrons. The summed E-state index contributed by atoms with van der Waals surface area (Å²) in [5.74, 6) is 0.300. The quantitative estimate of drug-likeness (QED) is 0.748. The SMILES string of the molecule is CC1C2=C(C=CC1C(=O)CCN(C)C)n1ccc3c1C(=CC1(CCN(C)CC1)C3)C=N2. The van der Waals surface area contributed by atoms with E-state index < -0.39 is 0 Å². The molecule has 4 aliphatic rings. The number of hydrogen-bond acceptors (Lipinski definition) is 4. The Morgan fingerprint density at radius 3 is 2.81 bits per heavy atom. The van der Waals surface area contributed by atoms with Crippen molar-refractivity contribution in [2.45, 2.75) is 32.6 Å². The molecule has 0 saturated carbocycles. The largest absolute Gasteiger partial charge is 0.314 e. The fourth-order valence-corrected chi connectivity index (χ4v) is 5.72. The van der Waals surface area contributed by atoms with Crippen molar-refractivity contribution < 1.29 is 4.79 Å². The first kappa shape index (κ1) is 20.7. The molecular weight excluding hydrogens is 384 g/mol. The van der Waals surface area contributed by atoms with Crippen molar-refractivity contribution >= 4 is 23.3 Å². The van der Waals surface area contributed by atoms with E-state index in [9.17, 15) is 4.79 Å². The highest BCUT2D eigenvalue weighted by Gasteiger charge is 2.39. The maximum atomic E-state index is 12.9. The maximum Gasteiger partial charge on any atom is 0.141 e. The van der Waals surface area contributed by atoms with Crippen LogP contribution >= 0.6 is 0 Å². The van der Waals surface area contributed by atoms with E-state index in [0.29, 0.717) is 12.2 Å². The van der Waals surface area contributed by atoms with Crippen LogP contribution in [0.25, 0.3) is 11.3 Å². The smallest absolute Gasteiger partial charge is 0.141 e. The highest BCUT2D eigenvalue weighted by molar-refractivity contribution is 6.12. The van der Waals surface area contributed by atoms with Crippen molar-refractivity contribution in [1.29, 1.82) is 0 Å². The molecule has 2 aliphatic heterocycles. The first-order valence-electron chi connectivity index (χ1n) is 11.6. The van der Waals surface area contributed by atoms with Crippen molar-refractivity contribution in [1.82, 2.24) is 14.4 Å². The molecule has 31 heavy (non-hydrogen) atoms. The van der Waals surface area contributed by atoms with Gasteiger partial charge in [0.25, 0.3) is 0 Å². The van der Waals surface area contributed by atoms with Crippen LogP contribution in [0.4, 0.5) is 0 Å². The van der Waals surface area contributed by atoms with Crippen LogP contribution < -0.4 is 0 Å². The van der Waals surface area contributed by atoms with Crippen LogP contribution in [0.5, 0.6) is 0 Å². The molecule has 2 atom stereocenters. The Balaban J connectivity index is 1.48. The molecule has 0 N–H and O–H groups in total. The molecule has 1 aromatic heterocycles. The number of carbonyl (C=O) groups excluding carboxylic acids is 1. The second-order valence-electron chi connectivity index (χ2n) is 10.2. The number of aliphatic imine (C=N–C) groups is 1. The number of Topliss-reactive ketones (excluding diaryl/α,β-unsaturated/α-hetero) is 1. The number of aromatic nitrogens is 1. The Labute approximate surface area is 185 Å². The summed E-state index contributed by atoms with van der Waals surface area (Å²) in [4.78, 5) is 22.4. The van der Waals surface area contributed by atoms with Gasteiger partial charge < -0.3 is 14.4 Å². The van der Waals surface area contributed by atoms with Crippen LogP contribution in [0.2, 0.25) is 0 Å². The molecule has 5 nitrogen and oxygen atoms in total. The minimum atomic E-state index is -0.0924. The summed E-state index contributed by atoms with van der Waals surface area (Å²) in [5.41, 5.74) is 6.41. The van der Waals surface area contributed by atoms with Gasteiger partial charge in [-0.1, -0.05) is 19.1 Å². The Kier molecular flexibility index (Phi) is 5.14. The zero-order valence-corrected chi connectivity index (χ0v) is 19.3. The van der Waals surface area contributed by atoms with Gasteiger partial charge in [0, 0.05) is 42.8 Å². The number of hydrogen-bond donors (Lipinski definition) is 0. The summed E-state index contributed by atoms with van der Waals surface area (Å²) in [6, 6.07) is 2.30. The Morgan fingerprint density at radius 2 is 2.06 bits per heavy atom. The molecular formula is C26H34N4O. The summed E-state index contributed by atoms with van der Waals surface area (Å²) < 4.78 is 2.32. The van der Waals surface area contributed by atoms with E-state index in [0.717, 1.165) is 37.4 Å². The Hall–Kier alpha value is -2.24. The predicted molar refractivity (Wildman–Crippen MR) is 127 cm³/mol. The highest BCUT2D eigenvalue weighted by atomic mass is 16.1. The molecule has 5 rings (SSSR count). The number of ketones is 1. The fraction of sp³-hybridized carbons (Fsp3) is 0.538. The molecule has 1 saturated heterocycles. The van der Waals surface area contributed by atoms with E-state index in [-0.39, 0.29) is 17.3 Å². The van der Waals surface area contributed by atoms with Crippen LogP contribution in [0, 0.1) is 17.3 Å². The second-order valence-corrected chi connectivity index (χ2v) is 10.2. The summed E-state index contributed by atoms with van der Waals surface area (Å²) in [6.07, 6.45) is 15.2. The first-order chi connectivity index (χ1) is 14.9. The third kappa shape index (κ3) is 3.58. The van der Waals surface area contributed by atoms with Gasteiger partial charge in [-0.05, 0) is 76.6 Å². The Bertz CT molecular complexity index is 1010. The van der Waals surface area contributed by atoms with Crippen molar-refractivity contribution in [3.8, 4) is 0 Å².